The third-order valence-electron chi connectivity index (χ3n) is 2.20. The number of rotatable bonds is 5. The Labute approximate surface area is 89.3 Å². The molecule has 0 aromatic carbocycles. The molecular formula is C11H17NO3. The summed E-state index contributed by atoms with van der Waals surface area (Å²) in [6, 6.07) is 3.77. The van der Waals surface area contributed by atoms with E-state index in [0.717, 1.165) is 11.5 Å². The fourth-order valence-corrected chi connectivity index (χ4v) is 1.52. The molecule has 2 N–H and O–H groups in total. The Hall–Kier alpha value is -1.29. The summed E-state index contributed by atoms with van der Waals surface area (Å²) in [5.41, 5.74) is 0. The molecule has 0 spiro atoms. The highest BCUT2D eigenvalue weighted by Crippen LogP contribution is 2.16. The topological polar surface area (TPSA) is 62.5 Å². The van der Waals surface area contributed by atoms with Crippen molar-refractivity contribution < 1.29 is 14.3 Å². The van der Waals surface area contributed by atoms with Crippen LogP contribution in [0.3, 0.4) is 0 Å². The molecule has 2 unspecified atom stereocenters. The van der Waals surface area contributed by atoms with Crippen LogP contribution in [0.4, 0.5) is 0 Å². The van der Waals surface area contributed by atoms with E-state index >= 15 is 0 Å². The molecule has 15 heavy (non-hydrogen) atoms. The average Bonchev–Trinajstić information content (AvgIpc) is 2.49. The van der Waals surface area contributed by atoms with Crippen molar-refractivity contribution in [2.75, 3.05) is 0 Å². The summed E-state index contributed by atoms with van der Waals surface area (Å²) >= 11 is 0. The standard InChI is InChI=1S/C11H17NO3/c1-7(6-11(13)14)12-9(3)10-5-4-8(2)15-10/h4-5,7,9,12H,6H2,1-3H3,(H,13,14). The SMILES string of the molecule is Cc1ccc(C(C)NC(C)CC(=O)O)o1. The predicted octanol–water partition coefficient (Wildman–Crippen LogP) is 2.10. The third-order valence-corrected chi connectivity index (χ3v) is 2.20. The van der Waals surface area contributed by atoms with Gasteiger partial charge in [-0.1, -0.05) is 0 Å². The van der Waals surface area contributed by atoms with E-state index in [0.29, 0.717) is 0 Å². The number of aliphatic carboxylic acids is 1. The van der Waals surface area contributed by atoms with Gasteiger partial charge in [0.1, 0.15) is 11.5 Å². The first-order valence-electron chi connectivity index (χ1n) is 5.03. The van der Waals surface area contributed by atoms with Crippen molar-refractivity contribution in [1.82, 2.24) is 5.32 Å². The van der Waals surface area contributed by atoms with Gasteiger partial charge in [-0.15, -0.1) is 0 Å². The van der Waals surface area contributed by atoms with Crippen molar-refractivity contribution in [2.45, 2.75) is 39.3 Å². The highest BCUT2D eigenvalue weighted by Gasteiger charge is 2.14. The molecule has 1 heterocycles. The molecule has 1 aromatic rings. The van der Waals surface area contributed by atoms with Gasteiger partial charge < -0.3 is 14.8 Å². The maximum Gasteiger partial charge on any atom is 0.304 e. The van der Waals surface area contributed by atoms with E-state index in [1.807, 2.05) is 32.9 Å². The van der Waals surface area contributed by atoms with Crippen LogP contribution in [0, 0.1) is 6.92 Å². The summed E-state index contributed by atoms with van der Waals surface area (Å²) in [7, 11) is 0. The highest BCUT2D eigenvalue weighted by molar-refractivity contribution is 5.67. The average molecular weight is 211 g/mol. The minimum atomic E-state index is -0.794. The van der Waals surface area contributed by atoms with E-state index in [9.17, 15) is 4.79 Å². The first-order chi connectivity index (χ1) is 6.99. The fourth-order valence-electron chi connectivity index (χ4n) is 1.52. The highest BCUT2D eigenvalue weighted by atomic mass is 16.4. The zero-order chi connectivity index (χ0) is 11.4. The summed E-state index contributed by atoms with van der Waals surface area (Å²) in [5, 5.41) is 11.8. The number of carbonyl (C=O) groups is 1. The maximum absolute atomic E-state index is 10.5. The van der Waals surface area contributed by atoms with Gasteiger partial charge in [0, 0.05) is 6.04 Å². The lowest BCUT2D eigenvalue weighted by Gasteiger charge is -2.16. The summed E-state index contributed by atoms with van der Waals surface area (Å²) < 4.78 is 5.44. The normalized spacial score (nSPS) is 14.9. The molecule has 84 valence electrons. The Morgan fingerprint density at radius 3 is 2.67 bits per heavy atom. The van der Waals surface area contributed by atoms with Gasteiger partial charge in [0.15, 0.2) is 0 Å². The number of hydrogen-bond donors (Lipinski definition) is 2. The van der Waals surface area contributed by atoms with Crippen LogP contribution in [0.25, 0.3) is 0 Å². The summed E-state index contributed by atoms with van der Waals surface area (Å²) in [5.74, 6) is 0.909. The molecule has 0 aliphatic heterocycles. The van der Waals surface area contributed by atoms with Gasteiger partial charge in [0.25, 0.3) is 0 Å². The molecule has 1 aromatic heterocycles. The van der Waals surface area contributed by atoms with Gasteiger partial charge in [0.05, 0.1) is 12.5 Å². The summed E-state index contributed by atoms with van der Waals surface area (Å²) in [6.07, 6.45) is 0.115. The van der Waals surface area contributed by atoms with E-state index in [1.165, 1.54) is 0 Å². The van der Waals surface area contributed by atoms with E-state index in [1.54, 1.807) is 0 Å². The summed E-state index contributed by atoms with van der Waals surface area (Å²) in [6.45, 7) is 5.69. The van der Waals surface area contributed by atoms with Crippen molar-refractivity contribution in [2.24, 2.45) is 0 Å². The monoisotopic (exact) mass is 211 g/mol. The van der Waals surface area contributed by atoms with Gasteiger partial charge in [-0.2, -0.15) is 0 Å². The molecule has 0 aliphatic carbocycles. The lowest BCUT2D eigenvalue weighted by molar-refractivity contribution is -0.137. The summed E-state index contributed by atoms with van der Waals surface area (Å²) in [4.78, 5) is 10.5. The van der Waals surface area contributed by atoms with Crippen LogP contribution in [-0.2, 0) is 4.79 Å². The van der Waals surface area contributed by atoms with Crippen LogP contribution in [0.15, 0.2) is 16.5 Å². The number of furan rings is 1. The third kappa shape index (κ3) is 3.75. The number of nitrogens with one attached hydrogen (secondary N) is 1. The zero-order valence-electron chi connectivity index (χ0n) is 9.28. The zero-order valence-corrected chi connectivity index (χ0v) is 9.28. The molecule has 0 amide bonds. The minimum Gasteiger partial charge on any atom is -0.481 e. The Balaban J connectivity index is 2.48. The first-order valence-corrected chi connectivity index (χ1v) is 5.03. The first kappa shape index (κ1) is 11.8. The van der Waals surface area contributed by atoms with Crippen molar-refractivity contribution in [1.29, 1.82) is 0 Å². The lowest BCUT2D eigenvalue weighted by Crippen LogP contribution is -2.30. The van der Waals surface area contributed by atoms with Gasteiger partial charge in [-0.3, -0.25) is 4.79 Å². The molecular weight excluding hydrogens is 194 g/mol. The molecule has 0 saturated heterocycles. The molecule has 4 heteroatoms. The Bertz CT molecular complexity index is 332. The van der Waals surface area contributed by atoms with Crippen LogP contribution >= 0.6 is 0 Å². The maximum atomic E-state index is 10.5. The van der Waals surface area contributed by atoms with Crippen LogP contribution in [-0.4, -0.2) is 17.1 Å². The van der Waals surface area contributed by atoms with E-state index in [4.69, 9.17) is 9.52 Å². The van der Waals surface area contributed by atoms with E-state index in [-0.39, 0.29) is 18.5 Å². The Kier molecular flexibility index (Phi) is 3.91. The smallest absolute Gasteiger partial charge is 0.304 e. The van der Waals surface area contributed by atoms with Crippen molar-refractivity contribution >= 4 is 5.97 Å². The quantitative estimate of drug-likeness (QED) is 0.783. The van der Waals surface area contributed by atoms with Gasteiger partial charge in [-0.25, -0.2) is 0 Å². The second-order valence-corrected chi connectivity index (χ2v) is 3.84. The molecule has 0 radical (unpaired) electrons. The Morgan fingerprint density at radius 1 is 1.53 bits per heavy atom. The number of hydrogen-bond acceptors (Lipinski definition) is 3. The van der Waals surface area contributed by atoms with Crippen LogP contribution < -0.4 is 5.32 Å². The largest absolute Gasteiger partial charge is 0.481 e. The molecule has 1 rings (SSSR count). The number of carboxylic acid groups (broad SMARTS) is 1. The molecule has 0 fully saturated rings. The Morgan fingerprint density at radius 2 is 2.20 bits per heavy atom. The van der Waals surface area contributed by atoms with Crippen LogP contribution in [0.5, 0.6) is 0 Å². The van der Waals surface area contributed by atoms with Crippen molar-refractivity contribution in [3.05, 3.63) is 23.7 Å². The van der Waals surface area contributed by atoms with Gasteiger partial charge >= 0.3 is 5.97 Å². The van der Waals surface area contributed by atoms with E-state index < -0.39 is 5.97 Å². The molecule has 0 bridgehead atoms. The molecule has 0 saturated carbocycles. The van der Waals surface area contributed by atoms with Crippen molar-refractivity contribution in [3.63, 3.8) is 0 Å². The molecule has 4 nitrogen and oxygen atoms in total. The fraction of sp³-hybridized carbons (Fsp3) is 0.545. The van der Waals surface area contributed by atoms with Crippen LogP contribution in [0.2, 0.25) is 0 Å². The van der Waals surface area contributed by atoms with Gasteiger partial charge in [0.2, 0.25) is 0 Å². The van der Waals surface area contributed by atoms with E-state index in [2.05, 4.69) is 5.32 Å². The second-order valence-electron chi connectivity index (χ2n) is 3.84. The molecule has 0 aliphatic rings. The van der Waals surface area contributed by atoms with Gasteiger partial charge in [-0.05, 0) is 32.9 Å². The minimum absolute atomic E-state index is 0.0352. The number of aryl methyl sites for hydroxylation is 1. The predicted molar refractivity (Wildman–Crippen MR) is 56.7 cm³/mol. The lowest BCUT2D eigenvalue weighted by atomic mass is 10.2. The van der Waals surface area contributed by atoms with Crippen LogP contribution in [0.1, 0.15) is 37.8 Å². The number of carboxylic acids is 1. The van der Waals surface area contributed by atoms with Crippen molar-refractivity contribution in [3.8, 4) is 0 Å². The molecule has 2 atom stereocenters. The second kappa shape index (κ2) is 4.98.